The van der Waals surface area contributed by atoms with Crippen molar-refractivity contribution < 1.29 is 26.9 Å². The number of carbonyl (C=O) groups is 1. The first-order valence-corrected chi connectivity index (χ1v) is 15.5. The number of aromatic nitrogens is 1. The lowest BCUT2D eigenvalue weighted by molar-refractivity contribution is 0.190. The van der Waals surface area contributed by atoms with Crippen molar-refractivity contribution in [2.75, 3.05) is 0 Å². The number of sulfone groups is 1. The van der Waals surface area contributed by atoms with E-state index in [1.165, 1.54) is 42.1 Å². The summed E-state index contributed by atoms with van der Waals surface area (Å²) in [5.74, 6) is -0.539. The molecule has 41 heavy (non-hydrogen) atoms. The summed E-state index contributed by atoms with van der Waals surface area (Å²) in [4.78, 5) is 24.9. The van der Waals surface area contributed by atoms with E-state index in [0.717, 1.165) is 24.3 Å². The van der Waals surface area contributed by atoms with E-state index < -0.39 is 49.4 Å². The molecule has 0 aliphatic carbocycles. The molecule has 0 saturated carbocycles. The molecule has 1 heterocycles. The highest BCUT2D eigenvalue weighted by molar-refractivity contribution is 7.91. The highest BCUT2D eigenvalue weighted by Gasteiger charge is 2.31. The van der Waals surface area contributed by atoms with Gasteiger partial charge >= 0.3 is 6.09 Å². The maximum absolute atomic E-state index is 13.8. The zero-order valence-corrected chi connectivity index (χ0v) is 26.0. The largest absolute Gasteiger partial charge is 0.598 e. The van der Waals surface area contributed by atoms with E-state index >= 15 is 0 Å². The molecular weight excluding hydrogens is 569 g/mol. The molecule has 3 rings (SSSR count). The van der Waals surface area contributed by atoms with E-state index in [4.69, 9.17) is 4.74 Å². The molecule has 0 bridgehead atoms. The number of aryl methyl sites for hydroxylation is 1. The monoisotopic (exact) mass is 605 g/mol. The zero-order valence-electron chi connectivity index (χ0n) is 24.4. The minimum Gasteiger partial charge on any atom is -0.598 e. The molecule has 0 aliphatic rings. The number of benzene rings is 2. The third kappa shape index (κ3) is 7.97. The number of pyridine rings is 1. The zero-order chi connectivity index (χ0) is 30.9. The van der Waals surface area contributed by atoms with Gasteiger partial charge in [-0.2, -0.15) is 0 Å². The molecule has 3 aromatic rings. The van der Waals surface area contributed by atoms with Crippen molar-refractivity contribution in [3.63, 3.8) is 0 Å². The Hall–Kier alpha value is -3.19. The Kier molecular flexibility index (Phi) is 9.43. The fourth-order valence-electron chi connectivity index (χ4n) is 3.83. The number of nitrogens with one attached hydrogen (secondary N) is 2. The third-order valence-corrected chi connectivity index (χ3v) is 9.42. The van der Waals surface area contributed by atoms with Crippen LogP contribution in [0.15, 0.2) is 69.3 Å². The van der Waals surface area contributed by atoms with E-state index in [1.807, 2.05) is 0 Å². The van der Waals surface area contributed by atoms with Gasteiger partial charge in [0.15, 0.2) is 0 Å². The van der Waals surface area contributed by atoms with Crippen LogP contribution in [0.5, 0.6) is 5.75 Å². The Balaban J connectivity index is 2.27. The number of hydrogen-bond donors (Lipinski definition) is 2. The lowest BCUT2D eigenvalue weighted by Crippen LogP contribution is -2.42. The van der Waals surface area contributed by atoms with Crippen molar-refractivity contribution in [1.82, 2.24) is 14.6 Å². The predicted molar refractivity (Wildman–Crippen MR) is 157 cm³/mol. The van der Waals surface area contributed by atoms with Crippen molar-refractivity contribution in [3.8, 4) is 16.9 Å². The molecule has 0 radical (unpaired) electrons. The molecule has 222 valence electrons. The van der Waals surface area contributed by atoms with Crippen LogP contribution in [0.4, 0.5) is 9.18 Å². The fourth-order valence-corrected chi connectivity index (χ4v) is 6.08. The molecule has 1 amide bonds. The Morgan fingerprint density at radius 3 is 2.20 bits per heavy atom. The van der Waals surface area contributed by atoms with Gasteiger partial charge in [0.1, 0.15) is 16.3 Å². The molecule has 9 nitrogen and oxygen atoms in total. The number of rotatable bonds is 7. The van der Waals surface area contributed by atoms with Crippen molar-refractivity contribution in [2.24, 2.45) is 7.05 Å². The first-order chi connectivity index (χ1) is 18.8. The molecule has 1 unspecified atom stereocenters. The summed E-state index contributed by atoms with van der Waals surface area (Å²) in [6, 6.07) is 9.17. The predicted octanol–water partition coefficient (Wildman–Crippen LogP) is 5.02. The summed E-state index contributed by atoms with van der Waals surface area (Å²) in [7, 11) is -2.69. The van der Waals surface area contributed by atoms with E-state index in [-0.39, 0.29) is 26.7 Å². The van der Waals surface area contributed by atoms with Crippen LogP contribution in [0.2, 0.25) is 0 Å². The smallest absolute Gasteiger partial charge is 0.413 e. The molecule has 12 heteroatoms. The quantitative estimate of drug-likeness (QED) is 0.286. The van der Waals surface area contributed by atoms with Crippen molar-refractivity contribution in [1.29, 1.82) is 0 Å². The maximum Gasteiger partial charge on any atom is 0.413 e. The summed E-state index contributed by atoms with van der Waals surface area (Å²) in [6.45, 7) is 12.5. The molecule has 1 aromatic heterocycles. The lowest BCUT2D eigenvalue weighted by atomic mass is 9.97. The molecule has 0 saturated heterocycles. The molecular formula is C29H36FN3O6S2. The van der Waals surface area contributed by atoms with Crippen LogP contribution in [-0.2, 0) is 28.2 Å². The van der Waals surface area contributed by atoms with Crippen LogP contribution < -0.4 is 20.3 Å². The Labute approximate surface area is 243 Å². The van der Waals surface area contributed by atoms with Gasteiger partial charge in [0.2, 0.25) is 9.84 Å². The molecule has 0 aliphatic heterocycles. The normalized spacial score (nSPS) is 13.9. The Morgan fingerprint density at radius 2 is 1.63 bits per heavy atom. The van der Waals surface area contributed by atoms with Crippen LogP contribution in [0.1, 0.15) is 60.1 Å². The van der Waals surface area contributed by atoms with Crippen LogP contribution in [0, 0.1) is 5.82 Å². The van der Waals surface area contributed by atoms with E-state index in [0.29, 0.717) is 11.1 Å². The van der Waals surface area contributed by atoms with Gasteiger partial charge in [-0.05, 0) is 96.5 Å². The van der Waals surface area contributed by atoms with Gasteiger partial charge in [-0.15, -0.1) is 4.72 Å². The molecule has 2 aromatic carbocycles. The average Bonchev–Trinajstić information content (AvgIpc) is 2.83. The first kappa shape index (κ1) is 32.3. The van der Waals surface area contributed by atoms with Crippen LogP contribution >= 0.6 is 0 Å². The van der Waals surface area contributed by atoms with E-state index in [1.54, 1.807) is 48.5 Å². The van der Waals surface area contributed by atoms with Gasteiger partial charge in [0.05, 0.1) is 15.8 Å². The Morgan fingerprint density at radius 1 is 1.02 bits per heavy atom. The number of amides is 1. The second-order valence-electron chi connectivity index (χ2n) is 11.7. The van der Waals surface area contributed by atoms with Crippen molar-refractivity contribution in [3.05, 3.63) is 76.5 Å². The van der Waals surface area contributed by atoms with Crippen LogP contribution in [0.3, 0.4) is 0 Å². The second kappa shape index (κ2) is 12.0. The lowest BCUT2D eigenvalue weighted by Gasteiger charge is -2.27. The summed E-state index contributed by atoms with van der Waals surface area (Å²) in [5.41, 5.74) is -0.0894. The summed E-state index contributed by atoms with van der Waals surface area (Å²) < 4.78 is 63.3. The number of carbonyl (C=O) groups excluding carboxylic acids is 1. The van der Waals surface area contributed by atoms with Gasteiger partial charge in [-0.25, -0.2) is 17.6 Å². The third-order valence-electron chi connectivity index (χ3n) is 5.91. The number of nitrogens with zero attached hydrogens (tertiary/aromatic N) is 1. The van der Waals surface area contributed by atoms with Gasteiger partial charge in [-0.3, -0.25) is 4.79 Å². The second-order valence-corrected chi connectivity index (χ2v) is 15.6. The first-order valence-electron chi connectivity index (χ1n) is 12.8. The summed E-state index contributed by atoms with van der Waals surface area (Å²) in [6.07, 6.45) is 0.738. The maximum atomic E-state index is 13.8. The minimum absolute atomic E-state index is 0.0542. The minimum atomic E-state index is -4.21. The topological polar surface area (TPSA) is 130 Å². The SMILES string of the molecule is C[C@H](N[S+]([O-])C(C)(C)C)c1cc(=O)n(C)cc1-c1cc(OC(=O)NC(C)(C)C)ccc1S(=O)(=O)c1ccc(F)cc1. The highest BCUT2D eigenvalue weighted by Crippen LogP contribution is 2.38. The highest BCUT2D eigenvalue weighted by atomic mass is 32.2. The van der Waals surface area contributed by atoms with Gasteiger partial charge < -0.3 is 19.2 Å². The number of halogens is 1. The molecule has 2 N–H and O–H groups in total. The summed E-state index contributed by atoms with van der Waals surface area (Å²) >= 11 is -1.51. The van der Waals surface area contributed by atoms with Crippen LogP contribution in [-0.4, -0.2) is 33.9 Å². The van der Waals surface area contributed by atoms with E-state index in [2.05, 4.69) is 10.0 Å². The summed E-state index contributed by atoms with van der Waals surface area (Å²) in [5, 5.41) is 2.68. The molecule has 0 spiro atoms. The number of ether oxygens (including phenoxy) is 1. The van der Waals surface area contributed by atoms with Crippen molar-refractivity contribution in [2.45, 2.75) is 74.6 Å². The van der Waals surface area contributed by atoms with Gasteiger partial charge in [0.25, 0.3) is 5.56 Å². The van der Waals surface area contributed by atoms with Gasteiger partial charge in [-0.1, -0.05) is 0 Å². The molecule has 0 fully saturated rings. The fraction of sp³-hybridized carbons (Fsp3) is 0.379. The van der Waals surface area contributed by atoms with Gasteiger partial charge in [0, 0.05) is 47.3 Å². The van der Waals surface area contributed by atoms with Crippen LogP contribution in [0.25, 0.3) is 11.1 Å². The standard InChI is InChI=1S/C29H36FN3O6S2/c1-18(32-40(36)29(5,6)7)22-16-26(34)33(8)17-24(22)23-15-20(39-27(35)31-28(2,3)4)11-14-25(23)41(37,38)21-12-9-19(30)10-13-21/h9-18,32H,1-8H3,(H,31,35)/t18-,40?/m0/s1. The van der Waals surface area contributed by atoms with E-state index in [9.17, 15) is 27.0 Å². The average molecular weight is 606 g/mol. The Bertz CT molecular complexity index is 1590. The number of hydrogen-bond acceptors (Lipinski definition) is 7. The van der Waals surface area contributed by atoms with Crippen molar-refractivity contribution >= 4 is 27.3 Å². The molecule has 2 atom stereocenters.